The molecule has 1 unspecified atom stereocenters. The zero-order valence-corrected chi connectivity index (χ0v) is 12.5. The van der Waals surface area contributed by atoms with Crippen molar-refractivity contribution in [1.29, 1.82) is 0 Å². The van der Waals surface area contributed by atoms with Crippen LogP contribution < -0.4 is 5.32 Å². The molecule has 3 rings (SSSR count). The number of anilines is 1. The molecule has 0 aliphatic heterocycles. The van der Waals surface area contributed by atoms with Gasteiger partial charge in [0.1, 0.15) is 5.76 Å². The van der Waals surface area contributed by atoms with E-state index in [0.29, 0.717) is 10.7 Å². The van der Waals surface area contributed by atoms with E-state index in [0.717, 1.165) is 5.76 Å². The second kappa shape index (κ2) is 6.54. The summed E-state index contributed by atoms with van der Waals surface area (Å²) in [5.41, 5.74) is 0.684. The Morgan fingerprint density at radius 3 is 2.68 bits per heavy atom. The largest absolute Gasteiger partial charge is 0.467 e. The number of aromatic nitrogens is 1. The predicted molar refractivity (Wildman–Crippen MR) is 86.0 cm³/mol. The molecular formula is C17H15ClN2O2. The van der Waals surface area contributed by atoms with Crippen molar-refractivity contribution in [1.82, 2.24) is 4.57 Å². The molecule has 0 aliphatic rings. The number of nitrogens with zero attached hydrogens (tertiary/aromatic N) is 1. The third-order valence-electron chi connectivity index (χ3n) is 3.35. The second-order valence-electron chi connectivity index (χ2n) is 4.92. The Labute approximate surface area is 133 Å². The molecule has 4 nitrogen and oxygen atoms in total. The average Bonchev–Trinajstić information content (AvgIpc) is 3.18. The van der Waals surface area contributed by atoms with E-state index in [1.165, 1.54) is 0 Å². The third-order valence-corrected chi connectivity index (χ3v) is 3.58. The van der Waals surface area contributed by atoms with Gasteiger partial charge in [0, 0.05) is 23.1 Å². The van der Waals surface area contributed by atoms with Gasteiger partial charge in [-0.25, -0.2) is 0 Å². The molecule has 0 spiro atoms. The summed E-state index contributed by atoms with van der Waals surface area (Å²) in [6.45, 7) is 0. The minimum Gasteiger partial charge on any atom is -0.467 e. The van der Waals surface area contributed by atoms with Crippen LogP contribution >= 0.6 is 11.6 Å². The van der Waals surface area contributed by atoms with Crippen molar-refractivity contribution in [3.05, 3.63) is 78.0 Å². The van der Waals surface area contributed by atoms with Crippen molar-refractivity contribution in [2.24, 2.45) is 0 Å². The number of benzene rings is 1. The van der Waals surface area contributed by atoms with Crippen LogP contribution in [0, 0.1) is 0 Å². The first-order valence-electron chi connectivity index (χ1n) is 6.93. The van der Waals surface area contributed by atoms with Crippen LogP contribution in [0.4, 0.5) is 5.69 Å². The smallest absolute Gasteiger partial charge is 0.226 e. The van der Waals surface area contributed by atoms with Crippen molar-refractivity contribution < 1.29 is 9.21 Å². The van der Waals surface area contributed by atoms with Crippen molar-refractivity contribution in [2.75, 3.05) is 5.32 Å². The first-order chi connectivity index (χ1) is 10.7. The molecule has 0 saturated heterocycles. The third kappa shape index (κ3) is 3.40. The maximum Gasteiger partial charge on any atom is 0.226 e. The number of nitrogens with one attached hydrogen (secondary N) is 1. The fraction of sp³-hybridized carbons (Fsp3) is 0.118. The first-order valence-corrected chi connectivity index (χ1v) is 7.31. The van der Waals surface area contributed by atoms with Gasteiger partial charge in [-0.2, -0.15) is 0 Å². The summed E-state index contributed by atoms with van der Waals surface area (Å²) in [6, 6.07) is 14.5. The number of amides is 1. The summed E-state index contributed by atoms with van der Waals surface area (Å²) in [7, 11) is 0. The summed E-state index contributed by atoms with van der Waals surface area (Å²) in [5.74, 6) is 0.648. The molecule has 0 radical (unpaired) electrons. The van der Waals surface area contributed by atoms with Crippen LogP contribution in [0.3, 0.4) is 0 Å². The van der Waals surface area contributed by atoms with Crippen LogP contribution in [-0.4, -0.2) is 10.5 Å². The van der Waals surface area contributed by atoms with Crippen molar-refractivity contribution in [3.8, 4) is 0 Å². The van der Waals surface area contributed by atoms with Gasteiger partial charge in [-0.15, -0.1) is 0 Å². The number of halogens is 1. The van der Waals surface area contributed by atoms with E-state index in [2.05, 4.69) is 5.32 Å². The van der Waals surface area contributed by atoms with E-state index < -0.39 is 0 Å². The van der Waals surface area contributed by atoms with Gasteiger partial charge < -0.3 is 14.3 Å². The molecule has 1 N–H and O–H groups in total. The number of carbonyl (C=O) groups excluding carboxylic acids is 1. The molecule has 1 aromatic carbocycles. The normalized spacial score (nSPS) is 12.0. The lowest BCUT2D eigenvalue weighted by Crippen LogP contribution is -2.19. The highest BCUT2D eigenvalue weighted by Gasteiger charge is 2.19. The van der Waals surface area contributed by atoms with Crippen LogP contribution in [0.1, 0.15) is 18.2 Å². The molecule has 0 saturated carbocycles. The zero-order valence-electron chi connectivity index (χ0n) is 11.8. The van der Waals surface area contributed by atoms with Gasteiger partial charge in [0.15, 0.2) is 0 Å². The van der Waals surface area contributed by atoms with Gasteiger partial charge in [-0.05, 0) is 42.5 Å². The van der Waals surface area contributed by atoms with Gasteiger partial charge in [-0.1, -0.05) is 17.7 Å². The topological polar surface area (TPSA) is 47.2 Å². The van der Waals surface area contributed by atoms with Gasteiger partial charge in [-0.3, -0.25) is 4.79 Å². The highest BCUT2D eigenvalue weighted by atomic mass is 35.5. The Morgan fingerprint density at radius 1 is 1.18 bits per heavy atom. The zero-order chi connectivity index (χ0) is 15.4. The molecule has 1 atom stereocenters. The van der Waals surface area contributed by atoms with Gasteiger partial charge >= 0.3 is 0 Å². The van der Waals surface area contributed by atoms with Crippen LogP contribution in [-0.2, 0) is 4.79 Å². The molecule has 112 valence electrons. The summed E-state index contributed by atoms with van der Waals surface area (Å²) >= 11 is 5.93. The Bertz CT molecular complexity index is 702. The predicted octanol–water partition coefficient (Wildman–Crippen LogP) is 4.35. The summed E-state index contributed by atoms with van der Waals surface area (Å²) in [5, 5.41) is 3.45. The standard InChI is InChI=1S/C17H15ClN2O2/c18-13-5-3-6-14(11-13)19-17(21)12-15(16-7-4-10-22-16)20-8-1-2-9-20/h1-11,15H,12H2,(H,19,21). The summed E-state index contributed by atoms with van der Waals surface area (Å²) in [6.07, 6.45) is 5.72. The van der Waals surface area contributed by atoms with Gasteiger partial charge in [0.25, 0.3) is 0 Å². The number of hydrogen-bond acceptors (Lipinski definition) is 2. The second-order valence-corrected chi connectivity index (χ2v) is 5.36. The Kier molecular flexibility index (Phi) is 4.30. The number of rotatable bonds is 5. The number of carbonyl (C=O) groups is 1. The molecule has 0 fully saturated rings. The maximum absolute atomic E-state index is 12.3. The lowest BCUT2D eigenvalue weighted by atomic mass is 10.1. The quantitative estimate of drug-likeness (QED) is 0.761. The van der Waals surface area contributed by atoms with Gasteiger partial charge in [0.2, 0.25) is 5.91 Å². The molecule has 2 aromatic heterocycles. The lowest BCUT2D eigenvalue weighted by molar-refractivity contribution is -0.116. The molecule has 0 bridgehead atoms. The van der Waals surface area contributed by atoms with E-state index in [1.807, 2.05) is 41.2 Å². The lowest BCUT2D eigenvalue weighted by Gasteiger charge is -2.16. The fourth-order valence-corrected chi connectivity index (χ4v) is 2.53. The van der Waals surface area contributed by atoms with E-state index in [-0.39, 0.29) is 18.4 Å². The SMILES string of the molecule is O=C(CC(c1ccco1)n1cccc1)Nc1cccc(Cl)c1. The van der Waals surface area contributed by atoms with E-state index in [9.17, 15) is 4.79 Å². The van der Waals surface area contributed by atoms with Crippen LogP contribution in [0.2, 0.25) is 5.02 Å². The number of hydrogen-bond donors (Lipinski definition) is 1. The average molecular weight is 315 g/mol. The van der Waals surface area contributed by atoms with E-state index in [4.69, 9.17) is 16.0 Å². The minimum absolute atomic E-state index is 0.0997. The Hall–Kier alpha value is -2.46. The molecular weight excluding hydrogens is 300 g/mol. The van der Waals surface area contributed by atoms with Crippen molar-refractivity contribution >= 4 is 23.2 Å². The maximum atomic E-state index is 12.3. The Morgan fingerprint density at radius 2 is 2.00 bits per heavy atom. The van der Waals surface area contributed by atoms with Gasteiger partial charge in [0.05, 0.1) is 18.7 Å². The molecule has 0 aliphatic carbocycles. The highest BCUT2D eigenvalue weighted by molar-refractivity contribution is 6.30. The van der Waals surface area contributed by atoms with Crippen molar-refractivity contribution in [3.63, 3.8) is 0 Å². The summed E-state index contributed by atoms with van der Waals surface area (Å²) in [4.78, 5) is 12.3. The highest BCUT2D eigenvalue weighted by Crippen LogP contribution is 2.24. The monoisotopic (exact) mass is 314 g/mol. The molecule has 1 amide bonds. The molecule has 2 heterocycles. The van der Waals surface area contributed by atoms with Crippen LogP contribution in [0.15, 0.2) is 71.6 Å². The Balaban J connectivity index is 1.75. The number of furan rings is 1. The molecule has 22 heavy (non-hydrogen) atoms. The van der Waals surface area contributed by atoms with Crippen molar-refractivity contribution in [2.45, 2.75) is 12.5 Å². The van der Waals surface area contributed by atoms with E-state index >= 15 is 0 Å². The minimum atomic E-state index is -0.177. The van der Waals surface area contributed by atoms with Crippen LogP contribution in [0.5, 0.6) is 0 Å². The fourth-order valence-electron chi connectivity index (χ4n) is 2.34. The molecule has 3 aromatic rings. The van der Waals surface area contributed by atoms with E-state index in [1.54, 1.807) is 30.5 Å². The first kappa shape index (κ1) is 14.5. The van der Waals surface area contributed by atoms with Crippen LogP contribution in [0.25, 0.3) is 0 Å². The molecule has 5 heteroatoms. The summed E-state index contributed by atoms with van der Waals surface area (Å²) < 4.78 is 7.42.